The number of benzene rings is 1. The van der Waals surface area contributed by atoms with Crippen LogP contribution in [-0.4, -0.2) is 10.9 Å². The van der Waals surface area contributed by atoms with Crippen LogP contribution in [0.4, 0.5) is 5.82 Å². The lowest BCUT2D eigenvalue weighted by Gasteiger charge is -2.23. The van der Waals surface area contributed by atoms with Crippen molar-refractivity contribution in [2.75, 3.05) is 4.42 Å². The molecule has 2 N–H and O–H groups in total. The first-order valence-electron chi connectivity index (χ1n) is 6.46. The molecule has 3 rings (SSSR count). The predicted octanol–water partition coefficient (Wildman–Crippen LogP) is 2.64. The smallest absolute Gasteiger partial charge is 0.243 e. The van der Waals surface area contributed by atoms with Crippen LogP contribution >= 0.6 is 11.8 Å². The second-order valence-electron chi connectivity index (χ2n) is 4.74. The van der Waals surface area contributed by atoms with Crippen molar-refractivity contribution in [1.29, 1.82) is 0 Å². The Hall–Kier alpha value is -1.91. The number of amides is 1. The first-order valence-corrected chi connectivity index (χ1v) is 6.80. The van der Waals surface area contributed by atoms with Gasteiger partial charge in [-0.2, -0.15) is 0 Å². The fourth-order valence-electron chi connectivity index (χ4n) is 2.44. The zero-order chi connectivity index (χ0) is 14.1. The van der Waals surface area contributed by atoms with Crippen LogP contribution in [0, 0.1) is 0 Å². The van der Waals surface area contributed by atoms with Crippen molar-refractivity contribution in [3.8, 4) is 11.1 Å². The molecule has 20 heavy (non-hydrogen) atoms. The maximum absolute atomic E-state index is 11.6. The van der Waals surface area contributed by atoms with Crippen molar-refractivity contribution in [3.05, 3.63) is 47.7 Å². The van der Waals surface area contributed by atoms with Crippen molar-refractivity contribution >= 4 is 23.5 Å². The summed E-state index contributed by atoms with van der Waals surface area (Å²) in [6.07, 6.45) is 2.76. The SMILES string of the molecule is NCc1ccc(-c2ccnc3c2CCC(=O)N3Cl)cc1. The van der Waals surface area contributed by atoms with E-state index in [0.717, 1.165) is 26.7 Å². The molecule has 1 aliphatic rings. The third-order valence-corrected chi connectivity index (χ3v) is 3.88. The van der Waals surface area contributed by atoms with Crippen LogP contribution in [0.15, 0.2) is 36.5 Å². The van der Waals surface area contributed by atoms with E-state index in [-0.39, 0.29) is 5.91 Å². The molecular weight excluding hydrogens is 274 g/mol. The number of anilines is 1. The second kappa shape index (κ2) is 5.23. The van der Waals surface area contributed by atoms with Gasteiger partial charge in [-0.05, 0) is 29.2 Å². The van der Waals surface area contributed by atoms with E-state index < -0.39 is 0 Å². The van der Waals surface area contributed by atoms with E-state index >= 15 is 0 Å². The van der Waals surface area contributed by atoms with Gasteiger partial charge in [-0.3, -0.25) is 4.79 Å². The maximum atomic E-state index is 11.6. The lowest BCUT2D eigenvalue weighted by atomic mass is 9.95. The molecule has 1 amide bonds. The van der Waals surface area contributed by atoms with E-state index in [9.17, 15) is 4.79 Å². The number of nitrogens with zero attached hydrogens (tertiary/aromatic N) is 2. The highest BCUT2D eigenvalue weighted by atomic mass is 35.5. The molecule has 2 aromatic rings. The van der Waals surface area contributed by atoms with Crippen LogP contribution in [0.25, 0.3) is 11.1 Å². The largest absolute Gasteiger partial charge is 0.326 e. The van der Waals surface area contributed by atoms with Crippen LogP contribution < -0.4 is 10.2 Å². The van der Waals surface area contributed by atoms with E-state index in [2.05, 4.69) is 4.98 Å². The van der Waals surface area contributed by atoms with Gasteiger partial charge in [0.2, 0.25) is 5.91 Å². The summed E-state index contributed by atoms with van der Waals surface area (Å²) in [5, 5.41) is 0. The molecule has 0 spiro atoms. The predicted molar refractivity (Wildman–Crippen MR) is 79.2 cm³/mol. The summed E-state index contributed by atoms with van der Waals surface area (Å²) in [6, 6.07) is 10.0. The van der Waals surface area contributed by atoms with Crippen LogP contribution in [0.5, 0.6) is 0 Å². The topological polar surface area (TPSA) is 59.2 Å². The Morgan fingerprint density at radius 3 is 2.65 bits per heavy atom. The highest BCUT2D eigenvalue weighted by molar-refractivity contribution is 6.37. The average molecular weight is 288 g/mol. The van der Waals surface area contributed by atoms with Gasteiger partial charge in [-0.1, -0.05) is 24.3 Å². The summed E-state index contributed by atoms with van der Waals surface area (Å²) in [4.78, 5) is 15.9. The summed E-state index contributed by atoms with van der Waals surface area (Å²) in [5.74, 6) is 0.436. The highest BCUT2D eigenvalue weighted by Crippen LogP contribution is 2.34. The van der Waals surface area contributed by atoms with Crippen LogP contribution in [0.1, 0.15) is 17.5 Å². The van der Waals surface area contributed by atoms with Gasteiger partial charge < -0.3 is 5.73 Å². The number of aromatic nitrogens is 1. The minimum atomic E-state index is -0.109. The molecule has 0 bridgehead atoms. The fourth-order valence-corrected chi connectivity index (χ4v) is 2.67. The van der Waals surface area contributed by atoms with E-state index in [1.807, 2.05) is 30.3 Å². The lowest BCUT2D eigenvalue weighted by molar-refractivity contribution is -0.117. The van der Waals surface area contributed by atoms with Gasteiger partial charge in [-0.25, -0.2) is 9.40 Å². The number of carbonyl (C=O) groups excluding carboxylic acids is 1. The molecular formula is C15H14ClN3O. The standard InChI is InChI=1S/C15H14ClN3O/c16-19-14(20)6-5-13-12(7-8-18-15(13)19)11-3-1-10(9-17)2-4-11/h1-4,7-8H,5-6,9,17H2. The summed E-state index contributed by atoms with van der Waals surface area (Å²) in [5.41, 5.74) is 9.87. The molecule has 0 saturated heterocycles. The summed E-state index contributed by atoms with van der Waals surface area (Å²) >= 11 is 6.01. The van der Waals surface area contributed by atoms with Crippen LogP contribution in [-0.2, 0) is 17.8 Å². The zero-order valence-electron chi connectivity index (χ0n) is 10.8. The van der Waals surface area contributed by atoms with Gasteiger partial charge >= 0.3 is 0 Å². The van der Waals surface area contributed by atoms with Crippen LogP contribution in [0.3, 0.4) is 0 Å². The van der Waals surface area contributed by atoms with Crippen molar-refractivity contribution in [3.63, 3.8) is 0 Å². The Morgan fingerprint density at radius 2 is 1.95 bits per heavy atom. The summed E-state index contributed by atoms with van der Waals surface area (Å²) in [7, 11) is 0. The molecule has 1 aliphatic heterocycles. The molecule has 0 fully saturated rings. The number of hydrogen-bond acceptors (Lipinski definition) is 3. The van der Waals surface area contributed by atoms with Crippen molar-refractivity contribution in [2.45, 2.75) is 19.4 Å². The first kappa shape index (κ1) is 13.1. The van der Waals surface area contributed by atoms with Crippen molar-refractivity contribution < 1.29 is 4.79 Å². The van der Waals surface area contributed by atoms with Crippen molar-refractivity contribution in [1.82, 2.24) is 4.98 Å². The van der Waals surface area contributed by atoms with Gasteiger partial charge in [-0.15, -0.1) is 0 Å². The second-order valence-corrected chi connectivity index (χ2v) is 5.07. The summed E-state index contributed by atoms with van der Waals surface area (Å²) < 4.78 is 1.12. The van der Waals surface area contributed by atoms with Gasteiger partial charge in [0.25, 0.3) is 0 Å². The molecule has 0 aliphatic carbocycles. The highest BCUT2D eigenvalue weighted by Gasteiger charge is 2.26. The van der Waals surface area contributed by atoms with E-state index in [1.54, 1.807) is 6.20 Å². The van der Waals surface area contributed by atoms with Gasteiger partial charge in [0, 0.05) is 36.5 Å². The number of hydrogen-bond donors (Lipinski definition) is 1. The van der Waals surface area contributed by atoms with E-state index in [4.69, 9.17) is 17.5 Å². The Balaban J connectivity index is 2.08. The van der Waals surface area contributed by atoms with Gasteiger partial charge in [0.15, 0.2) is 5.82 Å². The van der Waals surface area contributed by atoms with Crippen LogP contribution in [0.2, 0.25) is 0 Å². The minimum absolute atomic E-state index is 0.109. The molecule has 5 heteroatoms. The van der Waals surface area contributed by atoms with E-state index in [0.29, 0.717) is 25.2 Å². The molecule has 0 atom stereocenters. The normalized spacial score (nSPS) is 14.3. The Bertz CT molecular complexity index is 655. The number of carbonyl (C=O) groups is 1. The molecule has 102 valence electrons. The Kier molecular flexibility index (Phi) is 3.42. The Morgan fingerprint density at radius 1 is 1.20 bits per heavy atom. The number of fused-ring (bicyclic) bond motifs is 1. The van der Waals surface area contributed by atoms with E-state index in [1.165, 1.54) is 0 Å². The van der Waals surface area contributed by atoms with Gasteiger partial charge in [0.05, 0.1) is 0 Å². The maximum Gasteiger partial charge on any atom is 0.243 e. The molecule has 0 saturated carbocycles. The lowest BCUT2D eigenvalue weighted by Crippen LogP contribution is -2.27. The Labute approximate surface area is 122 Å². The number of pyridine rings is 1. The molecule has 0 unspecified atom stereocenters. The third kappa shape index (κ3) is 2.17. The number of rotatable bonds is 2. The molecule has 4 nitrogen and oxygen atoms in total. The van der Waals surface area contributed by atoms with Gasteiger partial charge in [0.1, 0.15) is 0 Å². The molecule has 2 heterocycles. The molecule has 1 aromatic heterocycles. The average Bonchev–Trinajstić information content (AvgIpc) is 2.51. The molecule has 1 aromatic carbocycles. The zero-order valence-corrected chi connectivity index (χ0v) is 11.6. The molecule has 0 radical (unpaired) electrons. The minimum Gasteiger partial charge on any atom is -0.326 e. The number of nitrogens with two attached hydrogens (primary N) is 1. The monoisotopic (exact) mass is 287 g/mol. The van der Waals surface area contributed by atoms with Crippen molar-refractivity contribution in [2.24, 2.45) is 5.73 Å². The quantitative estimate of drug-likeness (QED) is 0.864. The summed E-state index contributed by atoms with van der Waals surface area (Å²) in [6.45, 7) is 0.526. The third-order valence-electron chi connectivity index (χ3n) is 3.53. The number of halogens is 1. The fraction of sp³-hybridized carbons (Fsp3) is 0.200. The first-order chi connectivity index (χ1) is 9.70.